The molecule has 2 unspecified atom stereocenters. The van der Waals surface area contributed by atoms with Crippen LogP contribution in [0.4, 0.5) is 0 Å². The summed E-state index contributed by atoms with van der Waals surface area (Å²) in [6, 6.07) is -0.692. The van der Waals surface area contributed by atoms with Gasteiger partial charge in [-0.05, 0) is 12.5 Å². The van der Waals surface area contributed by atoms with Crippen LogP contribution in [-0.2, 0) is 9.59 Å². The van der Waals surface area contributed by atoms with Gasteiger partial charge in [-0.3, -0.25) is 0 Å². The number of aliphatic carboxylic acids is 1. The first-order chi connectivity index (χ1) is 6.52. The fourth-order valence-electron chi connectivity index (χ4n) is 1.45. The van der Waals surface area contributed by atoms with E-state index < -0.39 is 17.4 Å². The normalized spacial score (nSPS) is 31.0. The van der Waals surface area contributed by atoms with Gasteiger partial charge in [0.1, 0.15) is 6.29 Å². The van der Waals surface area contributed by atoms with Crippen molar-refractivity contribution in [2.45, 2.75) is 19.4 Å². The van der Waals surface area contributed by atoms with E-state index in [-0.39, 0.29) is 6.42 Å². The van der Waals surface area contributed by atoms with Crippen LogP contribution >= 0.6 is 0 Å². The third-order valence-corrected chi connectivity index (χ3v) is 2.56. The Kier molecular flexibility index (Phi) is 2.86. The summed E-state index contributed by atoms with van der Waals surface area (Å²) < 4.78 is 0. The van der Waals surface area contributed by atoms with Gasteiger partial charge in [-0.2, -0.15) is 0 Å². The highest BCUT2D eigenvalue weighted by molar-refractivity contribution is 5.77. The molecule has 0 spiro atoms. The molecule has 4 nitrogen and oxygen atoms in total. The summed E-state index contributed by atoms with van der Waals surface area (Å²) in [5.74, 6) is -1.22. The average Bonchev–Trinajstić information content (AvgIpc) is 2.13. The van der Waals surface area contributed by atoms with E-state index in [1.165, 1.54) is 13.0 Å². The van der Waals surface area contributed by atoms with Crippen LogP contribution in [0.2, 0.25) is 0 Å². The van der Waals surface area contributed by atoms with Gasteiger partial charge in [-0.25, -0.2) is 0 Å². The number of hydrogen-bond donors (Lipinski definition) is 1. The van der Waals surface area contributed by atoms with Crippen LogP contribution in [0.15, 0.2) is 23.8 Å². The molecule has 1 aliphatic rings. The summed E-state index contributed by atoms with van der Waals surface area (Å²) in [6.45, 7) is 1.49. The van der Waals surface area contributed by atoms with E-state index in [9.17, 15) is 14.7 Å². The van der Waals surface area contributed by atoms with Crippen molar-refractivity contribution in [1.82, 2.24) is 0 Å². The van der Waals surface area contributed by atoms with Crippen LogP contribution in [0.5, 0.6) is 0 Å². The summed E-state index contributed by atoms with van der Waals surface area (Å²) >= 11 is 0. The Morgan fingerprint density at radius 2 is 2.43 bits per heavy atom. The van der Waals surface area contributed by atoms with E-state index in [1.54, 1.807) is 12.2 Å². The molecule has 0 saturated heterocycles. The molecule has 14 heavy (non-hydrogen) atoms. The van der Waals surface area contributed by atoms with Gasteiger partial charge >= 0.3 is 0 Å². The minimum Gasteiger partial charge on any atom is -0.549 e. The predicted molar refractivity (Wildman–Crippen MR) is 49.0 cm³/mol. The van der Waals surface area contributed by atoms with Gasteiger partial charge in [0.2, 0.25) is 0 Å². The summed E-state index contributed by atoms with van der Waals surface area (Å²) in [4.78, 5) is 21.2. The molecule has 0 aliphatic heterocycles. The second kappa shape index (κ2) is 3.75. The minimum absolute atomic E-state index is 0.161. The fraction of sp³-hybridized carbons (Fsp3) is 0.400. The molecule has 0 aromatic carbocycles. The van der Waals surface area contributed by atoms with Gasteiger partial charge in [0.05, 0.1) is 5.97 Å². The van der Waals surface area contributed by atoms with Crippen molar-refractivity contribution in [3.05, 3.63) is 23.8 Å². The molecule has 0 bridgehead atoms. The second-order valence-electron chi connectivity index (χ2n) is 3.52. The van der Waals surface area contributed by atoms with E-state index in [4.69, 9.17) is 5.73 Å². The molecule has 1 rings (SSSR count). The fourth-order valence-corrected chi connectivity index (χ4v) is 1.45. The van der Waals surface area contributed by atoms with Crippen LogP contribution in [0.25, 0.3) is 0 Å². The zero-order chi connectivity index (χ0) is 10.8. The van der Waals surface area contributed by atoms with Gasteiger partial charge in [0, 0.05) is 17.9 Å². The molecule has 0 aromatic rings. The van der Waals surface area contributed by atoms with Crippen molar-refractivity contribution in [2.24, 2.45) is 11.1 Å². The van der Waals surface area contributed by atoms with E-state index in [0.29, 0.717) is 11.9 Å². The van der Waals surface area contributed by atoms with Crippen molar-refractivity contribution in [1.29, 1.82) is 0 Å². The molecule has 0 fully saturated rings. The maximum Gasteiger partial charge on any atom is 0.124 e. The summed E-state index contributed by atoms with van der Waals surface area (Å²) in [5.41, 5.74) is 5.15. The number of nitrogens with two attached hydrogens (primary N) is 1. The molecular weight excluding hydrogens is 182 g/mol. The number of carboxylic acid groups (broad SMARTS) is 1. The Morgan fingerprint density at radius 3 is 2.93 bits per heavy atom. The Balaban J connectivity index is 2.98. The number of aldehydes is 1. The predicted octanol–water partition coefficient (Wildman–Crippen LogP) is -0.845. The highest BCUT2D eigenvalue weighted by Crippen LogP contribution is 2.30. The number of hydrogen-bond acceptors (Lipinski definition) is 4. The third kappa shape index (κ3) is 1.61. The molecule has 2 N–H and O–H groups in total. The molecule has 76 valence electrons. The van der Waals surface area contributed by atoms with Gasteiger partial charge in [-0.1, -0.05) is 18.2 Å². The first kappa shape index (κ1) is 10.7. The third-order valence-electron chi connectivity index (χ3n) is 2.56. The monoisotopic (exact) mass is 194 g/mol. The molecule has 2 atom stereocenters. The van der Waals surface area contributed by atoms with E-state index in [2.05, 4.69) is 0 Å². The van der Waals surface area contributed by atoms with E-state index in [1.807, 2.05) is 0 Å². The minimum atomic E-state index is -1.22. The Hall–Kier alpha value is -1.42. The zero-order valence-corrected chi connectivity index (χ0v) is 7.90. The number of carboxylic acids is 1. The van der Waals surface area contributed by atoms with Crippen LogP contribution in [-0.4, -0.2) is 18.3 Å². The Morgan fingerprint density at radius 1 is 1.79 bits per heavy atom. The standard InChI is InChI=1S/C10H13NO3/c1-10(9(13)14)5-2-3-7(4-6-12)8(10)11/h2-3,5-6,8H,4,11H2,1H3,(H,13,14)/p-1. The lowest BCUT2D eigenvalue weighted by atomic mass is 9.75. The quantitative estimate of drug-likeness (QED) is 0.593. The first-order valence-corrected chi connectivity index (χ1v) is 4.31. The van der Waals surface area contributed by atoms with Crippen LogP contribution in [0, 0.1) is 5.41 Å². The Bertz CT molecular complexity index is 319. The number of carbonyl (C=O) groups is 2. The van der Waals surface area contributed by atoms with Crippen molar-refractivity contribution in [3.8, 4) is 0 Å². The Labute approximate surface area is 82.1 Å². The SMILES string of the molecule is CC1(C(=O)[O-])C=CC=C(CC=O)C1N. The average molecular weight is 194 g/mol. The zero-order valence-electron chi connectivity index (χ0n) is 7.90. The van der Waals surface area contributed by atoms with Gasteiger partial charge in [-0.15, -0.1) is 0 Å². The topological polar surface area (TPSA) is 83.2 Å². The maximum absolute atomic E-state index is 10.9. The van der Waals surface area contributed by atoms with Crippen molar-refractivity contribution < 1.29 is 14.7 Å². The molecule has 0 amide bonds. The summed E-state index contributed by atoms with van der Waals surface area (Å²) in [7, 11) is 0. The largest absolute Gasteiger partial charge is 0.549 e. The summed E-state index contributed by atoms with van der Waals surface area (Å²) in [5, 5.41) is 10.9. The van der Waals surface area contributed by atoms with Crippen LogP contribution in [0.3, 0.4) is 0 Å². The van der Waals surface area contributed by atoms with Crippen molar-refractivity contribution in [2.75, 3.05) is 0 Å². The molecule has 4 heteroatoms. The molecular formula is C10H12NO3-. The molecule has 0 heterocycles. The summed E-state index contributed by atoms with van der Waals surface area (Å²) in [6.07, 6.45) is 5.62. The number of rotatable bonds is 3. The highest BCUT2D eigenvalue weighted by atomic mass is 16.4. The molecule has 1 aliphatic carbocycles. The lowest BCUT2D eigenvalue weighted by molar-refractivity contribution is -0.316. The molecule has 0 saturated carbocycles. The lowest BCUT2D eigenvalue weighted by Gasteiger charge is -2.36. The van der Waals surface area contributed by atoms with Gasteiger partial charge < -0.3 is 20.4 Å². The van der Waals surface area contributed by atoms with Crippen molar-refractivity contribution in [3.63, 3.8) is 0 Å². The van der Waals surface area contributed by atoms with Crippen LogP contribution < -0.4 is 10.8 Å². The molecule has 0 aromatic heterocycles. The van der Waals surface area contributed by atoms with Crippen LogP contribution in [0.1, 0.15) is 13.3 Å². The van der Waals surface area contributed by atoms with Gasteiger partial charge in [0.25, 0.3) is 0 Å². The van der Waals surface area contributed by atoms with E-state index >= 15 is 0 Å². The first-order valence-electron chi connectivity index (χ1n) is 4.31. The van der Waals surface area contributed by atoms with Gasteiger partial charge in [0.15, 0.2) is 0 Å². The molecule has 0 radical (unpaired) electrons. The van der Waals surface area contributed by atoms with Crippen molar-refractivity contribution >= 4 is 12.3 Å². The smallest absolute Gasteiger partial charge is 0.124 e. The highest BCUT2D eigenvalue weighted by Gasteiger charge is 2.34. The van der Waals surface area contributed by atoms with E-state index in [0.717, 1.165) is 0 Å². The second-order valence-corrected chi connectivity index (χ2v) is 3.52. The lowest BCUT2D eigenvalue weighted by Crippen LogP contribution is -2.52. The number of allylic oxidation sites excluding steroid dienone is 2. The maximum atomic E-state index is 10.9. The number of carbonyl (C=O) groups excluding carboxylic acids is 2.